The van der Waals surface area contributed by atoms with Crippen LogP contribution < -0.4 is 14.4 Å². The molecule has 0 heterocycles. The van der Waals surface area contributed by atoms with Gasteiger partial charge in [0, 0.05) is 22.6 Å². The maximum Gasteiger partial charge on any atom is 0.244 e. The molecule has 2 rings (SSSR count). The highest BCUT2D eigenvalue weighted by Crippen LogP contribution is 2.26. The van der Waals surface area contributed by atoms with Crippen LogP contribution in [0.15, 0.2) is 42.5 Å². The SMILES string of the molecule is CCOc1ccc(N(CC(=O)N(Cc2ccc(Cl)cc2Cl)[C@@H](CC)C(=O)N[C@H](C)CC)S(C)(=O)=O)cc1. The Hall–Kier alpha value is -2.49. The summed E-state index contributed by atoms with van der Waals surface area (Å²) >= 11 is 12.4. The summed E-state index contributed by atoms with van der Waals surface area (Å²) in [6, 6.07) is 10.4. The van der Waals surface area contributed by atoms with Crippen LogP contribution in [0.5, 0.6) is 5.75 Å². The fraction of sp³-hybridized carbons (Fsp3) is 0.462. The van der Waals surface area contributed by atoms with Crippen molar-refractivity contribution in [2.24, 2.45) is 0 Å². The zero-order chi connectivity index (χ0) is 27.8. The van der Waals surface area contributed by atoms with E-state index in [1.165, 1.54) is 4.90 Å². The lowest BCUT2D eigenvalue weighted by Gasteiger charge is -2.33. The van der Waals surface area contributed by atoms with E-state index in [9.17, 15) is 18.0 Å². The van der Waals surface area contributed by atoms with E-state index in [1.54, 1.807) is 49.4 Å². The third-order valence-corrected chi connectivity index (χ3v) is 7.59. The van der Waals surface area contributed by atoms with Crippen molar-refractivity contribution in [3.05, 3.63) is 58.1 Å². The second kappa shape index (κ2) is 13.9. The molecule has 0 saturated carbocycles. The predicted molar refractivity (Wildman–Crippen MR) is 149 cm³/mol. The van der Waals surface area contributed by atoms with E-state index < -0.39 is 28.5 Å². The lowest BCUT2D eigenvalue weighted by molar-refractivity contribution is -0.140. The van der Waals surface area contributed by atoms with Gasteiger partial charge in [0.2, 0.25) is 21.8 Å². The Kier molecular flexibility index (Phi) is 11.5. The molecule has 11 heteroatoms. The molecule has 0 aliphatic heterocycles. The van der Waals surface area contributed by atoms with Crippen LogP contribution in [0, 0.1) is 0 Å². The number of amides is 2. The number of anilines is 1. The van der Waals surface area contributed by atoms with E-state index >= 15 is 0 Å². The number of halogens is 2. The minimum atomic E-state index is -3.83. The van der Waals surface area contributed by atoms with Crippen molar-refractivity contribution in [1.29, 1.82) is 0 Å². The zero-order valence-corrected chi connectivity index (χ0v) is 24.2. The minimum absolute atomic E-state index is 0.00213. The van der Waals surface area contributed by atoms with Crippen molar-refractivity contribution >= 4 is 50.7 Å². The summed E-state index contributed by atoms with van der Waals surface area (Å²) in [5, 5.41) is 3.70. The van der Waals surface area contributed by atoms with Gasteiger partial charge in [-0.05, 0) is 68.7 Å². The fourth-order valence-electron chi connectivity index (χ4n) is 3.68. The standard InChI is InChI=1S/C26H35Cl2N3O5S/c1-6-18(4)29-26(33)24(7-2)30(16-19-9-10-20(27)15-23(19)28)25(32)17-31(37(5,34)35)21-11-13-22(14-12-21)36-8-3/h9-15,18,24H,6-8,16-17H2,1-5H3,(H,29,33)/t18-,24+/m1/s1. The fourth-order valence-corrected chi connectivity index (χ4v) is 5.00. The van der Waals surface area contributed by atoms with E-state index in [2.05, 4.69) is 5.32 Å². The van der Waals surface area contributed by atoms with Crippen LogP contribution in [0.25, 0.3) is 0 Å². The van der Waals surface area contributed by atoms with E-state index in [4.69, 9.17) is 27.9 Å². The van der Waals surface area contributed by atoms with Crippen LogP contribution in [-0.4, -0.2) is 56.6 Å². The number of hydrogen-bond donors (Lipinski definition) is 1. The van der Waals surface area contributed by atoms with Crippen molar-refractivity contribution < 1.29 is 22.7 Å². The van der Waals surface area contributed by atoms with Gasteiger partial charge in [0.1, 0.15) is 18.3 Å². The molecule has 0 spiro atoms. The van der Waals surface area contributed by atoms with Gasteiger partial charge in [-0.3, -0.25) is 13.9 Å². The van der Waals surface area contributed by atoms with E-state index in [0.29, 0.717) is 40.1 Å². The second-order valence-corrected chi connectivity index (χ2v) is 11.4. The first-order valence-electron chi connectivity index (χ1n) is 12.2. The van der Waals surface area contributed by atoms with Gasteiger partial charge in [0.05, 0.1) is 18.6 Å². The highest BCUT2D eigenvalue weighted by atomic mass is 35.5. The number of benzene rings is 2. The molecule has 37 heavy (non-hydrogen) atoms. The highest BCUT2D eigenvalue weighted by molar-refractivity contribution is 7.92. The molecule has 0 aliphatic rings. The molecule has 2 atom stereocenters. The van der Waals surface area contributed by atoms with Crippen molar-refractivity contribution in [2.45, 2.75) is 59.2 Å². The number of carbonyl (C=O) groups excluding carboxylic acids is 2. The van der Waals surface area contributed by atoms with Crippen molar-refractivity contribution in [3.8, 4) is 5.75 Å². The van der Waals surface area contributed by atoms with Gasteiger partial charge >= 0.3 is 0 Å². The average Bonchev–Trinajstić information content (AvgIpc) is 2.83. The van der Waals surface area contributed by atoms with E-state index in [0.717, 1.165) is 17.0 Å². The van der Waals surface area contributed by atoms with Crippen molar-refractivity contribution in [3.63, 3.8) is 0 Å². The minimum Gasteiger partial charge on any atom is -0.494 e. The molecule has 0 bridgehead atoms. The largest absolute Gasteiger partial charge is 0.494 e. The number of nitrogens with one attached hydrogen (secondary N) is 1. The number of nitrogens with zero attached hydrogens (tertiary/aromatic N) is 2. The number of rotatable bonds is 13. The highest BCUT2D eigenvalue weighted by Gasteiger charge is 2.32. The molecule has 2 amide bonds. The van der Waals surface area contributed by atoms with Gasteiger partial charge in [-0.15, -0.1) is 0 Å². The Morgan fingerprint density at radius 1 is 1.03 bits per heavy atom. The van der Waals surface area contributed by atoms with Crippen molar-refractivity contribution in [1.82, 2.24) is 10.2 Å². The zero-order valence-electron chi connectivity index (χ0n) is 21.8. The molecule has 1 N–H and O–H groups in total. The van der Waals surface area contributed by atoms with Gasteiger partial charge in [0.15, 0.2) is 0 Å². The number of sulfonamides is 1. The first kappa shape index (κ1) is 30.7. The molecule has 2 aromatic rings. The van der Waals surface area contributed by atoms with E-state index in [-0.39, 0.29) is 18.5 Å². The summed E-state index contributed by atoms with van der Waals surface area (Å²) < 4.78 is 31.9. The summed E-state index contributed by atoms with van der Waals surface area (Å²) in [6.45, 7) is 7.44. The molecular weight excluding hydrogens is 537 g/mol. The normalized spacial score (nSPS) is 12.9. The third-order valence-electron chi connectivity index (χ3n) is 5.86. The lowest BCUT2D eigenvalue weighted by atomic mass is 10.1. The summed E-state index contributed by atoms with van der Waals surface area (Å²) in [6.07, 6.45) is 2.07. The summed E-state index contributed by atoms with van der Waals surface area (Å²) in [7, 11) is -3.83. The third kappa shape index (κ3) is 8.79. The molecule has 0 radical (unpaired) electrons. The van der Waals surface area contributed by atoms with Gasteiger partial charge in [-0.25, -0.2) is 8.42 Å². The molecule has 0 saturated heterocycles. The number of carbonyl (C=O) groups is 2. The molecule has 8 nitrogen and oxygen atoms in total. The molecule has 204 valence electrons. The van der Waals surface area contributed by atoms with Crippen LogP contribution in [-0.2, 0) is 26.2 Å². The lowest BCUT2D eigenvalue weighted by Crippen LogP contribution is -2.53. The van der Waals surface area contributed by atoms with Gasteiger partial charge in [-0.1, -0.05) is 43.1 Å². The van der Waals surface area contributed by atoms with Crippen LogP contribution in [0.4, 0.5) is 5.69 Å². The van der Waals surface area contributed by atoms with Gasteiger partial charge < -0.3 is 15.0 Å². The maximum atomic E-state index is 13.7. The summed E-state index contributed by atoms with van der Waals surface area (Å²) in [4.78, 5) is 28.3. The van der Waals surface area contributed by atoms with E-state index in [1.807, 2.05) is 20.8 Å². The molecular formula is C26H35Cl2N3O5S. The predicted octanol–water partition coefficient (Wildman–Crippen LogP) is 4.88. The average molecular weight is 573 g/mol. The van der Waals surface area contributed by atoms with Crippen LogP contribution >= 0.6 is 23.2 Å². The van der Waals surface area contributed by atoms with Crippen LogP contribution in [0.3, 0.4) is 0 Å². The second-order valence-electron chi connectivity index (χ2n) is 8.70. The summed E-state index contributed by atoms with van der Waals surface area (Å²) in [5.41, 5.74) is 0.891. The summed E-state index contributed by atoms with van der Waals surface area (Å²) in [5.74, 6) is -0.281. The topological polar surface area (TPSA) is 96.0 Å². The maximum absolute atomic E-state index is 13.7. The molecule has 0 fully saturated rings. The number of hydrogen-bond acceptors (Lipinski definition) is 5. The Balaban J connectivity index is 2.45. The molecule has 0 unspecified atom stereocenters. The first-order valence-corrected chi connectivity index (χ1v) is 14.8. The Morgan fingerprint density at radius 2 is 1.68 bits per heavy atom. The van der Waals surface area contributed by atoms with Gasteiger partial charge in [0.25, 0.3) is 0 Å². The molecule has 0 aliphatic carbocycles. The molecule has 0 aromatic heterocycles. The Morgan fingerprint density at radius 3 is 2.19 bits per heavy atom. The monoisotopic (exact) mass is 571 g/mol. The van der Waals surface area contributed by atoms with Crippen LogP contribution in [0.1, 0.15) is 46.1 Å². The Labute approximate surface area is 229 Å². The number of ether oxygens (including phenoxy) is 1. The van der Waals surface area contributed by atoms with Gasteiger partial charge in [-0.2, -0.15) is 0 Å². The molecule has 2 aromatic carbocycles. The first-order chi connectivity index (χ1) is 17.4. The van der Waals surface area contributed by atoms with Crippen molar-refractivity contribution in [2.75, 3.05) is 23.7 Å². The Bertz CT molecular complexity index is 1180. The quantitative estimate of drug-likeness (QED) is 0.369. The van der Waals surface area contributed by atoms with Crippen LogP contribution in [0.2, 0.25) is 10.0 Å². The smallest absolute Gasteiger partial charge is 0.244 e.